The van der Waals surface area contributed by atoms with Crippen molar-refractivity contribution in [3.8, 4) is 0 Å². The molecule has 30 heavy (non-hydrogen) atoms. The summed E-state index contributed by atoms with van der Waals surface area (Å²) >= 11 is 0. The second-order valence-electron chi connectivity index (χ2n) is 8.06. The van der Waals surface area contributed by atoms with Gasteiger partial charge in [-0.1, -0.05) is 51.4 Å². The molecule has 0 aromatic rings. The van der Waals surface area contributed by atoms with Gasteiger partial charge in [-0.2, -0.15) is 0 Å². The first-order valence-electron chi connectivity index (χ1n) is 12.3. The van der Waals surface area contributed by atoms with E-state index in [0.29, 0.717) is 26.2 Å². The van der Waals surface area contributed by atoms with Crippen LogP contribution in [-0.2, 0) is 19.0 Å². The van der Waals surface area contributed by atoms with Gasteiger partial charge in [-0.05, 0) is 40.2 Å². The van der Waals surface area contributed by atoms with Crippen LogP contribution in [0.2, 0.25) is 0 Å². The molecule has 0 aliphatic heterocycles. The van der Waals surface area contributed by atoms with Crippen LogP contribution in [-0.4, -0.2) is 63.8 Å². The quantitative estimate of drug-likeness (QED) is 0.191. The van der Waals surface area contributed by atoms with Gasteiger partial charge in [0.15, 0.2) is 0 Å². The van der Waals surface area contributed by atoms with Gasteiger partial charge >= 0.3 is 0 Å². The van der Waals surface area contributed by atoms with Crippen LogP contribution >= 0.6 is 0 Å². The molecule has 0 unspecified atom stereocenters. The normalized spacial score (nSPS) is 11.8. The minimum absolute atomic E-state index is 0.194. The third-order valence-electron chi connectivity index (χ3n) is 5.19. The summed E-state index contributed by atoms with van der Waals surface area (Å²) in [6.07, 6.45) is 14.1. The zero-order valence-electron chi connectivity index (χ0n) is 20.6. The fraction of sp³-hybridized carbons (Fsp3) is 0.958. The molecule has 0 bridgehead atoms. The molecule has 0 fully saturated rings. The predicted octanol–water partition coefficient (Wildman–Crippen LogP) is 5.11. The SMILES string of the molecule is CCOC(CCCCCCCCCCCCNCCC(=O)N(C)C)(OCC)OCC. The van der Waals surface area contributed by atoms with Gasteiger partial charge in [-0.3, -0.25) is 4.79 Å². The standard InChI is InChI=1S/C24H50N2O4/c1-6-28-24(29-7-2,30-8-3)20-17-15-13-11-9-10-12-14-16-18-21-25-22-19-23(27)26(4)5/h25H,6-22H2,1-5H3. The van der Waals surface area contributed by atoms with Crippen molar-refractivity contribution < 1.29 is 19.0 Å². The van der Waals surface area contributed by atoms with E-state index in [1.165, 1.54) is 57.8 Å². The van der Waals surface area contributed by atoms with Crippen molar-refractivity contribution in [1.29, 1.82) is 0 Å². The van der Waals surface area contributed by atoms with E-state index in [4.69, 9.17) is 14.2 Å². The Morgan fingerprint density at radius 3 is 1.57 bits per heavy atom. The Balaban J connectivity index is 3.50. The molecule has 1 amide bonds. The first-order chi connectivity index (χ1) is 14.5. The van der Waals surface area contributed by atoms with Crippen molar-refractivity contribution in [2.24, 2.45) is 0 Å². The van der Waals surface area contributed by atoms with E-state index >= 15 is 0 Å². The molecule has 0 spiro atoms. The Bertz CT molecular complexity index is 374. The van der Waals surface area contributed by atoms with Crippen molar-refractivity contribution in [3.63, 3.8) is 0 Å². The maximum atomic E-state index is 11.5. The van der Waals surface area contributed by atoms with Crippen LogP contribution in [0.25, 0.3) is 0 Å². The largest absolute Gasteiger partial charge is 0.349 e. The Kier molecular flexibility index (Phi) is 19.8. The van der Waals surface area contributed by atoms with Crippen LogP contribution in [0.1, 0.15) is 97.8 Å². The molecular formula is C24H50N2O4. The molecule has 0 aliphatic carbocycles. The van der Waals surface area contributed by atoms with Gasteiger partial charge < -0.3 is 24.4 Å². The molecule has 0 heterocycles. The number of carbonyl (C=O) groups excluding carboxylic acids is 1. The lowest BCUT2D eigenvalue weighted by Gasteiger charge is -2.32. The Labute approximate surface area is 186 Å². The number of hydrogen-bond acceptors (Lipinski definition) is 5. The van der Waals surface area contributed by atoms with Gasteiger partial charge in [-0.15, -0.1) is 0 Å². The number of rotatable bonds is 22. The summed E-state index contributed by atoms with van der Waals surface area (Å²) in [7, 11) is 3.61. The Morgan fingerprint density at radius 1 is 0.700 bits per heavy atom. The van der Waals surface area contributed by atoms with Gasteiger partial charge in [0.1, 0.15) is 0 Å². The number of hydrogen-bond donors (Lipinski definition) is 1. The van der Waals surface area contributed by atoms with E-state index in [1.807, 2.05) is 20.8 Å². The number of unbranched alkanes of at least 4 members (excludes halogenated alkanes) is 9. The van der Waals surface area contributed by atoms with E-state index in [-0.39, 0.29) is 5.91 Å². The van der Waals surface area contributed by atoms with Crippen LogP contribution < -0.4 is 5.32 Å². The first-order valence-corrected chi connectivity index (χ1v) is 12.3. The molecule has 0 radical (unpaired) electrons. The number of ether oxygens (including phenoxy) is 3. The van der Waals surface area contributed by atoms with Crippen molar-refractivity contribution >= 4 is 5.91 Å². The van der Waals surface area contributed by atoms with Gasteiger partial charge in [0, 0.05) is 53.3 Å². The summed E-state index contributed by atoms with van der Waals surface area (Å²) in [4.78, 5) is 13.1. The summed E-state index contributed by atoms with van der Waals surface area (Å²) in [5.41, 5.74) is 0. The van der Waals surface area contributed by atoms with E-state index in [0.717, 1.165) is 25.9 Å². The molecule has 0 saturated heterocycles. The zero-order valence-corrected chi connectivity index (χ0v) is 20.6. The molecule has 6 nitrogen and oxygen atoms in total. The number of nitrogens with zero attached hydrogens (tertiary/aromatic N) is 1. The Morgan fingerprint density at radius 2 is 1.13 bits per heavy atom. The average molecular weight is 431 g/mol. The minimum atomic E-state index is -0.838. The van der Waals surface area contributed by atoms with E-state index < -0.39 is 5.97 Å². The summed E-state index contributed by atoms with van der Waals surface area (Å²) < 4.78 is 17.3. The molecule has 0 saturated carbocycles. The van der Waals surface area contributed by atoms with Gasteiger partial charge in [0.2, 0.25) is 5.91 Å². The summed E-state index contributed by atoms with van der Waals surface area (Å²) in [6, 6.07) is 0. The Hall–Kier alpha value is -0.690. The fourth-order valence-corrected chi connectivity index (χ4v) is 3.55. The molecule has 0 rings (SSSR count). The van der Waals surface area contributed by atoms with Gasteiger partial charge in [0.25, 0.3) is 5.97 Å². The summed E-state index contributed by atoms with van der Waals surface area (Å²) in [6.45, 7) is 9.57. The molecule has 0 aliphatic rings. The highest BCUT2D eigenvalue weighted by atomic mass is 16.9. The van der Waals surface area contributed by atoms with Crippen LogP contribution in [0.3, 0.4) is 0 Å². The van der Waals surface area contributed by atoms with Crippen molar-refractivity contribution in [3.05, 3.63) is 0 Å². The lowest BCUT2D eigenvalue weighted by atomic mass is 10.1. The minimum Gasteiger partial charge on any atom is -0.349 e. The van der Waals surface area contributed by atoms with Gasteiger partial charge in [0.05, 0.1) is 0 Å². The summed E-state index contributed by atoms with van der Waals surface area (Å²) in [5.74, 6) is -0.644. The van der Waals surface area contributed by atoms with E-state index in [2.05, 4.69) is 5.32 Å². The molecule has 0 aromatic carbocycles. The van der Waals surface area contributed by atoms with E-state index in [1.54, 1.807) is 19.0 Å². The zero-order chi connectivity index (χ0) is 22.5. The smallest absolute Gasteiger partial charge is 0.282 e. The topological polar surface area (TPSA) is 60.0 Å². The number of carbonyl (C=O) groups is 1. The molecule has 0 aromatic heterocycles. The number of amides is 1. The third kappa shape index (κ3) is 16.1. The second kappa shape index (κ2) is 20.2. The summed E-state index contributed by atoms with van der Waals surface area (Å²) in [5, 5.41) is 3.36. The van der Waals surface area contributed by atoms with Crippen LogP contribution in [0, 0.1) is 0 Å². The molecule has 6 heteroatoms. The van der Waals surface area contributed by atoms with Crippen molar-refractivity contribution in [1.82, 2.24) is 10.2 Å². The molecular weight excluding hydrogens is 380 g/mol. The molecule has 0 atom stereocenters. The van der Waals surface area contributed by atoms with Gasteiger partial charge in [-0.25, -0.2) is 0 Å². The highest BCUT2D eigenvalue weighted by Gasteiger charge is 2.31. The van der Waals surface area contributed by atoms with Crippen LogP contribution in [0.15, 0.2) is 0 Å². The maximum absolute atomic E-state index is 11.5. The van der Waals surface area contributed by atoms with Crippen LogP contribution in [0.5, 0.6) is 0 Å². The highest BCUT2D eigenvalue weighted by molar-refractivity contribution is 5.75. The lowest BCUT2D eigenvalue weighted by Crippen LogP contribution is -2.39. The molecule has 1 N–H and O–H groups in total. The second-order valence-corrected chi connectivity index (χ2v) is 8.06. The average Bonchev–Trinajstić information content (AvgIpc) is 2.71. The fourth-order valence-electron chi connectivity index (χ4n) is 3.55. The van der Waals surface area contributed by atoms with Crippen LogP contribution in [0.4, 0.5) is 0 Å². The molecule has 180 valence electrons. The lowest BCUT2D eigenvalue weighted by molar-refractivity contribution is -0.380. The third-order valence-corrected chi connectivity index (χ3v) is 5.19. The first kappa shape index (κ1) is 29.3. The van der Waals surface area contributed by atoms with Crippen molar-refractivity contribution in [2.75, 3.05) is 47.0 Å². The number of nitrogens with one attached hydrogen (secondary N) is 1. The van der Waals surface area contributed by atoms with Crippen molar-refractivity contribution in [2.45, 2.75) is 104 Å². The highest BCUT2D eigenvalue weighted by Crippen LogP contribution is 2.24. The maximum Gasteiger partial charge on any atom is 0.282 e. The van der Waals surface area contributed by atoms with E-state index in [9.17, 15) is 4.79 Å². The monoisotopic (exact) mass is 430 g/mol. The predicted molar refractivity (Wildman–Crippen MR) is 125 cm³/mol.